The van der Waals surface area contributed by atoms with Gasteiger partial charge in [0.2, 0.25) is 0 Å². The zero-order chi connectivity index (χ0) is 20.2. The Labute approximate surface area is 157 Å². The number of hydrogen-bond acceptors (Lipinski definition) is 5. The van der Waals surface area contributed by atoms with E-state index >= 15 is 0 Å². The molecule has 0 bridgehead atoms. The highest BCUT2D eigenvalue weighted by atomic mass is 16.5. The molecule has 0 aromatic carbocycles. The van der Waals surface area contributed by atoms with Crippen LogP contribution in [0, 0.1) is 0 Å². The molecule has 0 fully saturated rings. The number of carbonyl (C=O) groups excluding carboxylic acids is 1. The SMILES string of the molecule is CC(O)CCCCCCCC(O)CC(=O)OC(CC(=O)O)C[N+](C)(C)C. The summed E-state index contributed by atoms with van der Waals surface area (Å²) in [6.07, 6.45) is 4.25. The lowest BCUT2D eigenvalue weighted by Gasteiger charge is -2.28. The van der Waals surface area contributed by atoms with Gasteiger partial charge in [-0.05, 0) is 19.8 Å². The number of nitrogens with zero attached hydrogens (tertiary/aromatic N) is 1. The lowest BCUT2D eigenvalue weighted by atomic mass is 10.0. The Morgan fingerprint density at radius 2 is 1.46 bits per heavy atom. The molecule has 7 heteroatoms. The van der Waals surface area contributed by atoms with Crippen molar-refractivity contribution in [3.63, 3.8) is 0 Å². The zero-order valence-corrected chi connectivity index (χ0v) is 16.8. The smallest absolute Gasteiger partial charge is 0.308 e. The molecule has 3 atom stereocenters. The third-order valence-electron chi connectivity index (χ3n) is 4.01. The molecule has 7 nitrogen and oxygen atoms in total. The maximum atomic E-state index is 12.0. The maximum absolute atomic E-state index is 12.0. The normalized spacial score (nSPS) is 15.3. The third-order valence-corrected chi connectivity index (χ3v) is 4.01. The van der Waals surface area contributed by atoms with Gasteiger partial charge in [0.05, 0.1) is 46.2 Å². The molecule has 3 N–H and O–H groups in total. The number of unbranched alkanes of at least 4 members (excludes halogenated alkanes) is 4. The van der Waals surface area contributed by atoms with Gasteiger partial charge in [0, 0.05) is 0 Å². The number of likely N-dealkylation sites (N-methyl/N-ethyl adjacent to an activating group) is 1. The second-order valence-electron chi connectivity index (χ2n) is 8.23. The van der Waals surface area contributed by atoms with E-state index in [4.69, 9.17) is 9.84 Å². The number of quaternary nitrogens is 1. The Kier molecular flexibility index (Phi) is 12.5. The number of carboxylic acid groups (broad SMARTS) is 1. The van der Waals surface area contributed by atoms with Crippen LogP contribution < -0.4 is 0 Å². The molecule has 0 spiro atoms. The molecular formula is C19H38NO6+. The highest BCUT2D eigenvalue weighted by Crippen LogP contribution is 2.13. The minimum atomic E-state index is -1.01. The molecule has 0 aromatic rings. The van der Waals surface area contributed by atoms with Gasteiger partial charge in [-0.25, -0.2) is 0 Å². The summed E-state index contributed by atoms with van der Waals surface area (Å²) in [5.74, 6) is -1.55. The Morgan fingerprint density at radius 1 is 0.923 bits per heavy atom. The Bertz CT molecular complexity index is 405. The lowest BCUT2D eigenvalue weighted by molar-refractivity contribution is -0.873. The monoisotopic (exact) mass is 376 g/mol. The van der Waals surface area contributed by atoms with E-state index in [0.29, 0.717) is 17.4 Å². The minimum absolute atomic E-state index is 0.102. The van der Waals surface area contributed by atoms with Gasteiger partial charge in [-0.1, -0.05) is 32.1 Å². The van der Waals surface area contributed by atoms with Crippen molar-refractivity contribution < 1.29 is 34.1 Å². The Hall–Kier alpha value is -1.18. The van der Waals surface area contributed by atoms with Crippen molar-refractivity contribution in [2.24, 2.45) is 0 Å². The van der Waals surface area contributed by atoms with Crippen molar-refractivity contribution in [3.05, 3.63) is 0 Å². The van der Waals surface area contributed by atoms with E-state index in [1.807, 2.05) is 21.1 Å². The number of esters is 1. The van der Waals surface area contributed by atoms with E-state index in [0.717, 1.165) is 38.5 Å². The lowest BCUT2D eigenvalue weighted by Crippen LogP contribution is -2.44. The summed E-state index contributed by atoms with van der Waals surface area (Å²) in [4.78, 5) is 22.9. The van der Waals surface area contributed by atoms with Gasteiger partial charge in [-0.2, -0.15) is 0 Å². The molecule has 0 saturated carbocycles. The van der Waals surface area contributed by atoms with Gasteiger partial charge in [-0.15, -0.1) is 0 Å². The summed E-state index contributed by atoms with van der Waals surface area (Å²) in [6, 6.07) is 0. The molecule has 0 radical (unpaired) electrons. The Balaban J connectivity index is 4.02. The molecule has 0 rings (SSSR count). The fourth-order valence-corrected chi connectivity index (χ4v) is 2.83. The summed E-state index contributed by atoms with van der Waals surface area (Å²) in [5, 5.41) is 28.1. The first-order chi connectivity index (χ1) is 12.0. The van der Waals surface area contributed by atoms with Crippen LogP contribution in [-0.4, -0.2) is 77.7 Å². The molecule has 26 heavy (non-hydrogen) atoms. The molecule has 0 aliphatic rings. The summed E-state index contributed by atoms with van der Waals surface area (Å²) >= 11 is 0. The molecule has 0 saturated heterocycles. The second-order valence-corrected chi connectivity index (χ2v) is 8.23. The highest BCUT2D eigenvalue weighted by molar-refractivity contribution is 5.71. The van der Waals surface area contributed by atoms with Crippen molar-refractivity contribution >= 4 is 11.9 Å². The predicted molar refractivity (Wildman–Crippen MR) is 99.7 cm³/mol. The molecule has 3 unspecified atom stereocenters. The molecule has 154 valence electrons. The van der Waals surface area contributed by atoms with Crippen LogP contribution in [0.4, 0.5) is 0 Å². The van der Waals surface area contributed by atoms with Gasteiger partial charge < -0.3 is 24.5 Å². The third kappa shape index (κ3) is 16.3. The van der Waals surface area contributed by atoms with Crippen molar-refractivity contribution in [3.8, 4) is 0 Å². The molecule has 0 aliphatic carbocycles. The van der Waals surface area contributed by atoms with E-state index in [1.54, 1.807) is 6.92 Å². The van der Waals surface area contributed by atoms with E-state index in [9.17, 15) is 19.8 Å². The first kappa shape index (κ1) is 24.8. The summed E-state index contributed by atoms with van der Waals surface area (Å²) in [7, 11) is 5.70. The van der Waals surface area contributed by atoms with Crippen LogP contribution in [0.25, 0.3) is 0 Å². The van der Waals surface area contributed by atoms with Crippen LogP contribution in [0.1, 0.15) is 64.7 Å². The van der Waals surface area contributed by atoms with Crippen molar-refractivity contribution in [1.82, 2.24) is 0 Å². The van der Waals surface area contributed by atoms with Gasteiger partial charge in [0.25, 0.3) is 0 Å². The topological polar surface area (TPSA) is 104 Å². The largest absolute Gasteiger partial charge is 0.481 e. The first-order valence-electron chi connectivity index (χ1n) is 9.57. The summed E-state index contributed by atoms with van der Waals surface area (Å²) in [6.45, 7) is 2.19. The molecule has 0 amide bonds. The maximum Gasteiger partial charge on any atom is 0.308 e. The minimum Gasteiger partial charge on any atom is -0.481 e. The van der Waals surface area contributed by atoms with E-state index in [2.05, 4.69) is 0 Å². The summed E-state index contributed by atoms with van der Waals surface area (Å²) < 4.78 is 5.76. The molecular weight excluding hydrogens is 338 g/mol. The van der Waals surface area contributed by atoms with Crippen LogP contribution in [0.3, 0.4) is 0 Å². The van der Waals surface area contributed by atoms with E-state index in [-0.39, 0.29) is 18.9 Å². The average molecular weight is 377 g/mol. The second kappa shape index (κ2) is 13.1. The van der Waals surface area contributed by atoms with Crippen molar-refractivity contribution in [1.29, 1.82) is 0 Å². The Morgan fingerprint density at radius 3 is 1.96 bits per heavy atom. The average Bonchev–Trinajstić information content (AvgIpc) is 2.42. The molecule has 0 aliphatic heterocycles. The van der Waals surface area contributed by atoms with E-state index < -0.39 is 24.1 Å². The number of aliphatic hydroxyl groups is 2. The van der Waals surface area contributed by atoms with Gasteiger partial charge in [0.1, 0.15) is 6.54 Å². The van der Waals surface area contributed by atoms with Crippen LogP contribution >= 0.6 is 0 Å². The quantitative estimate of drug-likeness (QED) is 0.229. The standard InChI is InChI=1S/C19H37NO6/c1-15(21)10-8-6-5-7-9-11-16(22)12-19(25)26-17(13-18(23)24)14-20(2,3)4/h15-17,21-22H,5-14H2,1-4H3/p+1. The number of carbonyl (C=O) groups is 2. The number of ether oxygens (including phenoxy) is 1. The number of carboxylic acids is 1. The zero-order valence-electron chi connectivity index (χ0n) is 16.8. The van der Waals surface area contributed by atoms with Crippen LogP contribution in [0.5, 0.6) is 0 Å². The molecule has 0 aromatic heterocycles. The van der Waals surface area contributed by atoms with Crippen molar-refractivity contribution in [2.45, 2.75) is 83.0 Å². The number of hydrogen-bond donors (Lipinski definition) is 3. The van der Waals surface area contributed by atoms with Crippen LogP contribution in [-0.2, 0) is 14.3 Å². The first-order valence-corrected chi connectivity index (χ1v) is 9.57. The van der Waals surface area contributed by atoms with Crippen LogP contribution in [0.15, 0.2) is 0 Å². The van der Waals surface area contributed by atoms with Gasteiger partial charge in [-0.3, -0.25) is 9.59 Å². The summed E-state index contributed by atoms with van der Waals surface area (Å²) in [5.41, 5.74) is 0. The van der Waals surface area contributed by atoms with Gasteiger partial charge >= 0.3 is 11.9 Å². The number of aliphatic hydroxyl groups excluding tert-OH is 2. The highest BCUT2D eigenvalue weighted by Gasteiger charge is 2.25. The van der Waals surface area contributed by atoms with Crippen LogP contribution in [0.2, 0.25) is 0 Å². The predicted octanol–water partition coefficient (Wildman–Crippen LogP) is 1.94. The van der Waals surface area contributed by atoms with E-state index in [1.165, 1.54) is 0 Å². The van der Waals surface area contributed by atoms with Crippen molar-refractivity contribution in [2.75, 3.05) is 27.7 Å². The van der Waals surface area contributed by atoms with Gasteiger partial charge in [0.15, 0.2) is 6.10 Å². The fraction of sp³-hybridized carbons (Fsp3) is 0.895. The number of aliphatic carboxylic acids is 1. The number of rotatable bonds is 15. The fourth-order valence-electron chi connectivity index (χ4n) is 2.83. The molecule has 0 heterocycles.